The minimum absolute atomic E-state index is 0.0238. The summed E-state index contributed by atoms with van der Waals surface area (Å²) in [6.07, 6.45) is 2.05. The largest absolute Gasteiger partial charge is 0.442 e. The van der Waals surface area contributed by atoms with Gasteiger partial charge in [-0.25, -0.2) is 4.79 Å². The summed E-state index contributed by atoms with van der Waals surface area (Å²) in [6.45, 7) is 0.372. The number of ether oxygens (including phenoxy) is 2. The van der Waals surface area contributed by atoms with Crippen molar-refractivity contribution in [3.8, 4) is 0 Å². The average molecular weight is 346 g/mol. The Hall–Kier alpha value is -1.30. The van der Waals surface area contributed by atoms with Crippen LogP contribution in [0, 0.1) is 0 Å². The number of hydrogen-bond donors (Lipinski definition) is 1. The first kappa shape index (κ1) is 17.1. The molecule has 7 heteroatoms. The fourth-order valence-corrected chi connectivity index (χ4v) is 2.66. The van der Waals surface area contributed by atoms with E-state index >= 15 is 0 Å². The van der Waals surface area contributed by atoms with Gasteiger partial charge in [0.15, 0.2) is 12.8 Å². The van der Waals surface area contributed by atoms with E-state index in [-0.39, 0.29) is 19.1 Å². The smallest absolute Gasteiger partial charge is 0.336 e. The molecule has 0 saturated carbocycles. The lowest BCUT2D eigenvalue weighted by Gasteiger charge is -2.20. The van der Waals surface area contributed by atoms with E-state index in [1.54, 1.807) is 18.2 Å². The molecule has 22 heavy (non-hydrogen) atoms. The van der Waals surface area contributed by atoms with Gasteiger partial charge in [0.25, 0.3) is 0 Å². The van der Waals surface area contributed by atoms with Crippen LogP contribution in [0.25, 0.3) is 0 Å². The molecule has 0 aromatic heterocycles. The predicted molar refractivity (Wildman–Crippen MR) is 82.9 cm³/mol. The second-order valence-electron chi connectivity index (χ2n) is 4.94. The van der Waals surface area contributed by atoms with Crippen LogP contribution in [0.3, 0.4) is 0 Å². The Morgan fingerprint density at radius 3 is 2.64 bits per heavy atom. The fraction of sp³-hybridized carbons (Fsp3) is 0.467. The normalized spacial score (nSPS) is 17.8. The van der Waals surface area contributed by atoms with Crippen LogP contribution < -0.4 is 5.32 Å². The first-order chi connectivity index (χ1) is 10.6. The monoisotopic (exact) mass is 345 g/mol. The van der Waals surface area contributed by atoms with Crippen LogP contribution in [0.5, 0.6) is 0 Å². The van der Waals surface area contributed by atoms with E-state index in [0.29, 0.717) is 28.6 Å². The van der Waals surface area contributed by atoms with Crippen molar-refractivity contribution in [2.45, 2.75) is 31.8 Å². The Labute approximate surface area is 138 Å². The first-order valence-corrected chi connectivity index (χ1v) is 7.81. The third-order valence-corrected chi connectivity index (χ3v) is 4.03. The number of amides is 1. The lowest BCUT2D eigenvalue weighted by Crippen LogP contribution is -2.35. The topological polar surface area (TPSA) is 64.6 Å². The molecule has 1 aromatic rings. The Morgan fingerprint density at radius 2 is 2.00 bits per heavy atom. The summed E-state index contributed by atoms with van der Waals surface area (Å²) in [5.41, 5.74) is 0.547. The molecule has 1 amide bonds. The molecule has 1 aromatic carbocycles. The van der Waals surface area contributed by atoms with Crippen LogP contribution in [-0.2, 0) is 25.5 Å². The summed E-state index contributed by atoms with van der Waals surface area (Å²) in [5.74, 6) is -0.775. The number of halogens is 2. The highest BCUT2D eigenvalue weighted by Crippen LogP contribution is 2.24. The van der Waals surface area contributed by atoms with Gasteiger partial charge in [0.05, 0.1) is 6.42 Å². The zero-order chi connectivity index (χ0) is 15.9. The van der Waals surface area contributed by atoms with Crippen LogP contribution >= 0.6 is 23.2 Å². The number of carbonyl (C=O) groups is 2. The minimum atomic E-state index is -0.524. The van der Waals surface area contributed by atoms with E-state index in [1.165, 1.54) is 0 Å². The predicted octanol–water partition coefficient (Wildman–Crippen LogP) is 2.72. The molecule has 2 rings (SSSR count). The molecule has 1 saturated heterocycles. The SMILES string of the molecule is O=C(Cc1c(Cl)cccc1Cl)NCOC(=O)C1CCCCO1. The van der Waals surface area contributed by atoms with Gasteiger partial charge >= 0.3 is 5.97 Å². The molecule has 0 aliphatic carbocycles. The molecule has 5 nitrogen and oxygen atoms in total. The zero-order valence-electron chi connectivity index (χ0n) is 11.9. The Kier molecular flexibility index (Phi) is 6.49. The number of nitrogens with one attached hydrogen (secondary N) is 1. The van der Waals surface area contributed by atoms with Crippen molar-refractivity contribution in [1.82, 2.24) is 5.32 Å². The van der Waals surface area contributed by atoms with Crippen LogP contribution in [0.2, 0.25) is 10.0 Å². The molecule has 1 aliphatic rings. The number of carbonyl (C=O) groups excluding carboxylic acids is 2. The highest BCUT2D eigenvalue weighted by molar-refractivity contribution is 6.36. The van der Waals surface area contributed by atoms with Gasteiger partial charge < -0.3 is 14.8 Å². The third kappa shape index (κ3) is 4.87. The van der Waals surface area contributed by atoms with Crippen LogP contribution in [-0.4, -0.2) is 31.3 Å². The molecule has 0 bridgehead atoms. The van der Waals surface area contributed by atoms with Crippen molar-refractivity contribution in [2.24, 2.45) is 0 Å². The summed E-state index contributed by atoms with van der Waals surface area (Å²) in [7, 11) is 0. The number of hydrogen-bond acceptors (Lipinski definition) is 4. The molecule has 1 N–H and O–H groups in total. The molecule has 120 valence electrons. The lowest BCUT2D eigenvalue weighted by molar-refractivity contribution is -0.161. The minimum Gasteiger partial charge on any atom is -0.442 e. The summed E-state index contributed by atoms with van der Waals surface area (Å²) in [5, 5.41) is 3.35. The first-order valence-electron chi connectivity index (χ1n) is 7.05. The maximum absolute atomic E-state index is 11.8. The highest BCUT2D eigenvalue weighted by atomic mass is 35.5. The van der Waals surface area contributed by atoms with Crippen molar-refractivity contribution in [2.75, 3.05) is 13.3 Å². The van der Waals surface area contributed by atoms with E-state index in [0.717, 1.165) is 12.8 Å². The Balaban J connectivity index is 1.75. The van der Waals surface area contributed by atoms with Crippen LogP contribution in [0.1, 0.15) is 24.8 Å². The fourth-order valence-electron chi connectivity index (χ4n) is 2.13. The molecular weight excluding hydrogens is 329 g/mol. The number of esters is 1. The molecule has 1 heterocycles. The zero-order valence-corrected chi connectivity index (χ0v) is 13.5. The summed E-state index contributed by atoms with van der Waals surface area (Å²) >= 11 is 12.0. The van der Waals surface area contributed by atoms with Crippen molar-refractivity contribution in [3.63, 3.8) is 0 Å². The summed E-state index contributed by atoms with van der Waals surface area (Å²) < 4.78 is 10.3. The molecule has 1 aliphatic heterocycles. The van der Waals surface area contributed by atoms with E-state index in [2.05, 4.69) is 5.32 Å². The Bertz CT molecular complexity index is 524. The van der Waals surface area contributed by atoms with Gasteiger partial charge in [-0.15, -0.1) is 0 Å². The molecular formula is C15H17Cl2NO4. The highest BCUT2D eigenvalue weighted by Gasteiger charge is 2.23. The van der Waals surface area contributed by atoms with Crippen molar-refractivity contribution < 1.29 is 19.1 Å². The van der Waals surface area contributed by atoms with E-state index < -0.39 is 12.1 Å². The van der Waals surface area contributed by atoms with E-state index in [9.17, 15) is 9.59 Å². The van der Waals surface area contributed by atoms with Crippen molar-refractivity contribution in [1.29, 1.82) is 0 Å². The van der Waals surface area contributed by atoms with Gasteiger partial charge in [0, 0.05) is 16.7 Å². The second-order valence-corrected chi connectivity index (χ2v) is 5.75. The van der Waals surface area contributed by atoms with E-state index in [1.807, 2.05) is 0 Å². The van der Waals surface area contributed by atoms with Gasteiger partial charge in [0.1, 0.15) is 0 Å². The number of benzene rings is 1. The molecule has 1 unspecified atom stereocenters. The van der Waals surface area contributed by atoms with Gasteiger partial charge in [-0.2, -0.15) is 0 Å². The van der Waals surface area contributed by atoms with Crippen molar-refractivity contribution in [3.05, 3.63) is 33.8 Å². The summed E-state index contributed by atoms with van der Waals surface area (Å²) in [4.78, 5) is 23.5. The average Bonchev–Trinajstić information content (AvgIpc) is 2.52. The van der Waals surface area contributed by atoms with Gasteiger partial charge in [-0.3, -0.25) is 4.79 Å². The second kappa shape index (κ2) is 8.36. The number of rotatable bonds is 5. The van der Waals surface area contributed by atoms with E-state index in [4.69, 9.17) is 32.7 Å². The van der Waals surface area contributed by atoms with Crippen molar-refractivity contribution >= 4 is 35.1 Å². The maximum Gasteiger partial charge on any atom is 0.336 e. The quantitative estimate of drug-likeness (QED) is 0.658. The molecule has 0 radical (unpaired) electrons. The van der Waals surface area contributed by atoms with Crippen LogP contribution in [0.4, 0.5) is 0 Å². The lowest BCUT2D eigenvalue weighted by atomic mass is 10.1. The molecule has 1 fully saturated rings. The van der Waals surface area contributed by atoms with Gasteiger partial charge in [0.2, 0.25) is 5.91 Å². The summed E-state index contributed by atoms with van der Waals surface area (Å²) in [6, 6.07) is 5.03. The third-order valence-electron chi connectivity index (χ3n) is 3.33. The molecule has 0 spiro atoms. The molecule has 1 atom stereocenters. The standard InChI is InChI=1S/C15H17Cl2NO4/c16-11-4-3-5-12(17)10(11)8-14(19)18-9-22-15(20)13-6-1-2-7-21-13/h3-5,13H,1-2,6-9H2,(H,18,19). The maximum atomic E-state index is 11.8. The Morgan fingerprint density at radius 1 is 1.27 bits per heavy atom. The van der Waals surface area contributed by atoms with Crippen LogP contribution in [0.15, 0.2) is 18.2 Å². The van der Waals surface area contributed by atoms with Gasteiger partial charge in [-0.05, 0) is 37.0 Å². The van der Waals surface area contributed by atoms with Gasteiger partial charge in [-0.1, -0.05) is 29.3 Å².